The Morgan fingerprint density at radius 2 is 1.93 bits per heavy atom. The van der Waals surface area contributed by atoms with Crippen molar-refractivity contribution in [2.24, 2.45) is 0 Å². The van der Waals surface area contributed by atoms with Gasteiger partial charge in [0.25, 0.3) is 0 Å². The SMILES string of the molecule is C[Si](C)(C)c1cccc(Cl)c1C(=O)S. The van der Waals surface area contributed by atoms with Crippen LogP contribution in [0.1, 0.15) is 10.4 Å². The van der Waals surface area contributed by atoms with Crippen molar-refractivity contribution in [2.45, 2.75) is 19.6 Å². The summed E-state index contributed by atoms with van der Waals surface area (Å²) in [5.74, 6) is 0. The Bertz CT molecular complexity index is 371. The van der Waals surface area contributed by atoms with Crippen LogP contribution in [0.25, 0.3) is 0 Å². The zero-order valence-electron chi connectivity index (χ0n) is 8.47. The van der Waals surface area contributed by atoms with Crippen molar-refractivity contribution in [1.29, 1.82) is 0 Å². The van der Waals surface area contributed by atoms with E-state index in [1.54, 1.807) is 6.07 Å². The predicted octanol–water partition coefficient (Wildman–Crippen LogP) is 2.96. The lowest BCUT2D eigenvalue weighted by Gasteiger charge is -2.20. The quantitative estimate of drug-likeness (QED) is 0.625. The molecule has 76 valence electrons. The molecule has 0 amide bonds. The monoisotopic (exact) mass is 244 g/mol. The van der Waals surface area contributed by atoms with Crippen molar-refractivity contribution in [3.8, 4) is 0 Å². The van der Waals surface area contributed by atoms with Crippen LogP contribution in [0.2, 0.25) is 24.7 Å². The average molecular weight is 245 g/mol. The molecule has 0 fully saturated rings. The summed E-state index contributed by atoms with van der Waals surface area (Å²) in [5, 5.41) is 1.34. The highest BCUT2D eigenvalue weighted by molar-refractivity contribution is 7.97. The van der Waals surface area contributed by atoms with E-state index in [1.165, 1.54) is 0 Å². The summed E-state index contributed by atoms with van der Waals surface area (Å²) in [7, 11) is -1.53. The van der Waals surface area contributed by atoms with E-state index in [4.69, 9.17) is 11.6 Å². The minimum atomic E-state index is -1.53. The molecule has 1 aromatic carbocycles. The smallest absolute Gasteiger partial charge is 0.217 e. The molecule has 0 aliphatic heterocycles. The van der Waals surface area contributed by atoms with Crippen LogP contribution >= 0.6 is 24.2 Å². The highest BCUT2D eigenvalue weighted by atomic mass is 35.5. The maximum absolute atomic E-state index is 11.3. The van der Waals surface area contributed by atoms with Crippen LogP contribution in [0, 0.1) is 0 Å². The van der Waals surface area contributed by atoms with Crippen molar-refractivity contribution in [1.82, 2.24) is 0 Å². The number of carbonyl (C=O) groups excluding carboxylic acids is 1. The number of rotatable bonds is 2. The summed E-state index contributed by atoms with van der Waals surface area (Å²) >= 11 is 9.84. The summed E-state index contributed by atoms with van der Waals surface area (Å²) in [6.07, 6.45) is 0. The van der Waals surface area contributed by atoms with Crippen LogP contribution in [-0.2, 0) is 0 Å². The van der Waals surface area contributed by atoms with Gasteiger partial charge in [0.2, 0.25) is 5.12 Å². The molecular weight excluding hydrogens is 232 g/mol. The van der Waals surface area contributed by atoms with Gasteiger partial charge in [0.15, 0.2) is 0 Å². The molecule has 0 saturated carbocycles. The van der Waals surface area contributed by atoms with E-state index in [-0.39, 0.29) is 5.12 Å². The largest absolute Gasteiger partial charge is 0.282 e. The van der Waals surface area contributed by atoms with Crippen LogP contribution in [0.5, 0.6) is 0 Å². The van der Waals surface area contributed by atoms with Gasteiger partial charge in [-0.25, -0.2) is 0 Å². The Hall–Kier alpha value is -0.253. The van der Waals surface area contributed by atoms with Crippen molar-refractivity contribution < 1.29 is 4.79 Å². The molecule has 4 heteroatoms. The third-order valence-corrected chi connectivity index (χ3v) is 4.61. The summed E-state index contributed by atoms with van der Waals surface area (Å²) in [6.45, 7) is 6.54. The fourth-order valence-electron chi connectivity index (χ4n) is 1.37. The lowest BCUT2D eigenvalue weighted by molar-refractivity contribution is 0.109. The number of halogens is 1. The van der Waals surface area contributed by atoms with Gasteiger partial charge in [-0.2, -0.15) is 0 Å². The van der Waals surface area contributed by atoms with Gasteiger partial charge < -0.3 is 0 Å². The first-order valence-electron chi connectivity index (χ1n) is 4.36. The third kappa shape index (κ3) is 2.41. The normalized spacial score (nSPS) is 11.5. The van der Waals surface area contributed by atoms with E-state index in [9.17, 15) is 4.79 Å². The van der Waals surface area contributed by atoms with Gasteiger partial charge in [-0.15, -0.1) is 12.6 Å². The number of benzene rings is 1. The summed E-state index contributed by atoms with van der Waals surface area (Å²) < 4.78 is 0. The lowest BCUT2D eigenvalue weighted by atomic mass is 10.2. The minimum absolute atomic E-state index is 0.243. The van der Waals surface area contributed by atoms with Crippen molar-refractivity contribution in [2.75, 3.05) is 0 Å². The van der Waals surface area contributed by atoms with Gasteiger partial charge in [-0.1, -0.05) is 43.4 Å². The van der Waals surface area contributed by atoms with Crippen molar-refractivity contribution >= 4 is 42.6 Å². The molecule has 0 radical (unpaired) electrons. The topological polar surface area (TPSA) is 17.1 Å². The zero-order valence-corrected chi connectivity index (χ0v) is 11.1. The Morgan fingerprint density at radius 1 is 1.36 bits per heavy atom. The molecule has 0 bridgehead atoms. The van der Waals surface area contributed by atoms with Crippen LogP contribution in [-0.4, -0.2) is 13.2 Å². The van der Waals surface area contributed by atoms with Crippen molar-refractivity contribution in [3.63, 3.8) is 0 Å². The van der Waals surface area contributed by atoms with Crippen LogP contribution in [0.3, 0.4) is 0 Å². The molecule has 0 spiro atoms. The highest BCUT2D eigenvalue weighted by Gasteiger charge is 2.23. The fraction of sp³-hybridized carbons (Fsp3) is 0.300. The molecule has 1 aromatic rings. The second-order valence-electron chi connectivity index (χ2n) is 4.22. The molecule has 0 unspecified atom stereocenters. The van der Waals surface area contributed by atoms with E-state index < -0.39 is 8.07 Å². The zero-order chi connectivity index (χ0) is 10.9. The molecule has 0 aliphatic carbocycles. The van der Waals surface area contributed by atoms with Gasteiger partial charge in [-0.05, 0) is 11.3 Å². The minimum Gasteiger partial charge on any atom is -0.282 e. The van der Waals surface area contributed by atoms with Crippen LogP contribution in [0.15, 0.2) is 18.2 Å². The van der Waals surface area contributed by atoms with Gasteiger partial charge in [-0.3, -0.25) is 4.79 Å². The predicted molar refractivity (Wildman–Crippen MR) is 67.7 cm³/mol. The van der Waals surface area contributed by atoms with Gasteiger partial charge in [0.1, 0.15) is 0 Å². The number of hydrogen-bond acceptors (Lipinski definition) is 1. The lowest BCUT2D eigenvalue weighted by Crippen LogP contribution is -2.40. The molecule has 0 aromatic heterocycles. The number of carbonyl (C=O) groups is 1. The van der Waals surface area contributed by atoms with Crippen LogP contribution < -0.4 is 5.19 Å². The van der Waals surface area contributed by atoms with E-state index in [0.29, 0.717) is 10.6 Å². The molecule has 1 nitrogen and oxygen atoms in total. The Balaban J connectivity index is 3.44. The summed E-state index contributed by atoms with van der Waals surface area (Å²) in [5.41, 5.74) is 0.580. The highest BCUT2D eigenvalue weighted by Crippen LogP contribution is 2.18. The van der Waals surface area contributed by atoms with Gasteiger partial charge in [0, 0.05) is 5.56 Å². The maximum Gasteiger partial charge on any atom is 0.217 e. The Morgan fingerprint density at radius 3 is 2.29 bits per heavy atom. The van der Waals surface area contributed by atoms with Crippen LogP contribution in [0.4, 0.5) is 0 Å². The first-order chi connectivity index (χ1) is 6.34. The molecule has 0 heterocycles. The summed E-state index contributed by atoms with van der Waals surface area (Å²) in [4.78, 5) is 11.3. The molecule has 1 rings (SSSR count). The summed E-state index contributed by atoms with van der Waals surface area (Å²) in [6, 6.07) is 5.59. The Kier molecular flexibility index (Phi) is 3.45. The first kappa shape index (κ1) is 11.8. The van der Waals surface area contributed by atoms with E-state index in [0.717, 1.165) is 5.19 Å². The second-order valence-corrected chi connectivity index (χ2v) is 10.1. The van der Waals surface area contributed by atoms with E-state index in [2.05, 4.69) is 32.3 Å². The van der Waals surface area contributed by atoms with Crippen molar-refractivity contribution in [3.05, 3.63) is 28.8 Å². The average Bonchev–Trinajstić information content (AvgIpc) is 2.01. The van der Waals surface area contributed by atoms with E-state index >= 15 is 0 Å². The fourth-order valence-corrected chi connectivity index (χ4v) is 3.71. The molecule has 0 atom stereocenters. The molecule has 0 aliphatic rings. The third-order valence-electron chi connectivity index (χ3n) is 2.04. The molecule has 14 heavy (non-hydrogen) atoms. The first-order valence-corrected chi connectivity index (χ1v) is 8.69. The number of hydrogen-bond donors (Lipinski definition) is 1. The molecular formula is C10H13ClOSSi. The molecule has 0 saturated heterocycles. The second kappa shape index (κ2) is 4.09. The van der Waals surface area contributed by atoms with Gasteiger partial charge in [0.05, 0.1) is 13.1 Å². The van der Waals surface area contributed by atoms with E-state index in [1.807, 2.05) is 12.1 Å². The molecule has 0 N–H and O–H groups in total. The van der Waals surface area contributed by atoms with Gasteiger partial charge >= 0.3 is 0 Å². The Labute approximate surface area is 95.9 Å². The standard InChI is InChI=1S/C10H13ClOSSi/c1-14(2,3)8-6-4-5-7(11)9(8)10(12)13/h4-6H,1-3H3,(H,12,13). The maximum atomic E-state index is 11.3. The number of thiol groups is 1.